The number of aryl methyl sites for hydroxylation is 1. The maximum Gasteiger partial charge on any atom is 0.279 e. The molecule has 0 saturated heterocycles. The van der Waals surface area contributed by atoms with Gasteiger partial charge in [0.1, 0.15) is 17.2 Å². The van der Waals surface area contributed by atoms with Crippen LogP contribution < -0.4 is 4.74 Å². The molecular weight excluding hydrogens is 495 g/mol. The van der Waals surface area contributed by atoms with E-state index in [4.69, 9.17) is 9.15 Å². The Morgan fingerprint density at radius 3 is 2.46 bits per heavy atom. The van der Waals surface area contributed by atoms with Gasteiger partial charge >= 0.3 is 0 Å². The van der Waals surface area contributed by atoms with E-state index < -0.39 is 0 Å². The minimum atomic E-state index is -0.332. The number of ketones is 1. The molecule has 194 valence electrons. The van der Waals surface area contributed by atoms with Gasteiger partial charge in [-0.2, -0.15) is 0 Å². The minimum absolute atomic E-state index is 0.0140. The van der Waals surface area contributed by atoms with Crippen molar-refractivity contribution in [2.24, 2.45) is 0 Å². The highest BCUT2D eigenvalue weighted by molar-refractivity contribution is 6.12. The molecule has 0 saturated carbocycles. The highest BCUT2D eigenvalue weighted by atomic mass is 19.1. The van der Waals surface area contributed by atoms with Gasteiger partial charge in [0.2, 0.25) is 0 Å². The lowest BCUT2D eigenvalue weighted by Crippen LogP contribution is -2.38. The average molecular weight is 521 g/mol. The Labute approximate surface area is 224 Å². The predicted octanol–water partition coefficient (Wildman–Crippen LogP) is 7.19. The number of nitrogens with zero attached hydrogens (tertiary/aromatic N) is 2. The summed E-state index contributed by atoms with van der Waals surface area (Å²) < 4.78 is 25.3. The zero-order valence-corrected chi connectivity index (χ0v) is 21.5. The molecule has 0 atom stereocenters. The Morgan fingerprint density at radius 1 is 0.974 bits per heavy atom. The normalized spacial score (nSPS) is 12.9. The van der Waals surface area contributed by atoms with Gasteiger partial charge in [-0.3, -0.25) is 14.5 Å². The third-order valence-electron chi connectivity index (χ3n) is 6.91. The molecule has 1 aliphatic heterocycles. The summed E-state index contributed by atoms with van der Waals surface area (Å²) >= 11 is 0. The van der Waals surface area contributed by atoms with E-state index in [0.717, 1.165) is 22.3 Å². The van der Waals surface area contributed by atoms with Crippen molar-refractivity contribution in [1.82, 2.24) is 9.88 Å². The summed E-state index contributed by atoms with van der Waals surface area (Å²) in [5, 5.41) is 0.704. The molecule has 0 radical (unpaired) electrons. The molecule has 0 N–H and O–H groups in total. The van der Waals surface area contributed by atoms with Gasteiger partial charge in [-0.15, -0.1) is 0 Å². The van der Waals surface area contributed by atoms with Crippen molar-refractivity contribution >= 4 is 22.7 Å². The monoisotopic (exact) mass is 520 g/mol. The van der Waals surface area contributed by atoms with Crippen LogP contribution in [0.15, 0.2) is 83.3 Å². The van der Waals surface area contributed by atoms with Crippen LogP contribution in [-0.4, -0.2) is 28.3 Å². The summed E-state index contributed by atoms with van der Waals surface area (Å²) in [6.45, 7) is 4.19. The largest absolute Gasteiger partial charge is 0.471 e. The molecule has 3 heterocycles. The maximum absolute atomic E-state index is 13.3. The van der Waals surface area contributed by atoms with Gasteiger partial charge in [0, 0.05) is 29.5 Å². The summed E-state index contributed by atoms with van der Waals surface area (Å²) in [5.74, 6) is 0.343. The van der Waals surface area contributed by atoms with Crippen LogP contribution in [0.25, 0.3) is 33.6 Å². The first kappa shape index (κ1) is 24.6. The summed E-state index contributed by atoms with van der Waals surface area (Å²) in [7, 11) is 0. The average Bonchev–Trinajstić information content (AvgIpc) is 3.34. The molecule has 6 nitrogen and oxygen atoms in total. The topological polar surface area (TPSA) is 72.6 Å². The van der Waals surface area contributed by atoms with E-state index in [1.165, 1.54) is 17.0 Å². The highest BCUT2D eigenvalue weighted by Crippen LogP contribution is 2.37. The number of amides is 1. The van der Waals surface area contributed by atoms with Crippen molar-refractivity contribution in [3.05, 3.63) is 107 Å². The van der Waals surface area contributed by atoms with E-state index in [1.54, 1.807) is 24.3 Å². The predicted molar refractivity (Wildman–Crippen MR) is 146 cm³/mol. The van der Waals surface area contributed by atoms with E-state index in [9.17, 15) is 14.0 Å². The molecule has 39 heavy (non-hydrogen) atoms. The molecule has 0 unspecified atom stereocenters. The Bertz CT molecular complexity index is 1720. The van der Waals surface area contributed by atoms with Crippen LogP contribution >= 0.6 is 0 Å². The number of carbonyl (C=O) groups excluding carboxylic acids is 2. The summed E-state index contributed by atoms with van der Waals surface area (Å²) in [6, 6.07) is 23.0. The van der Waals surface area contributed by atoms with Gasteiger partial charge in [-0.25, -0.2) is 9.37 Å². The molecule has 6 rings (SSSR count). The van der Waals surface area contributed by atoms with Crippen LogP contribution in [0.5, 0.6) is 5.75 Å². The molecule has 5 aromatic rings. The molecule has 1 aliphatic rings. The quantitative estimate of drug-likeness (QED) is 0.222. The SMILES string of the molecule is CCC(=O)c1c(-c2ccc(C)cc2)oc2ccc(-c3ccc4c(n3)C(=O)N(Cc3ccc(F)cc3)CO4)cc12. The molecular formula is C32H25FN2O4. The van der Waals surface area contributed by atoms with Gasteiger partial charge in [0.15, 0.2) is 24.0 Å². The summed E-state index contributed by atoms with van der Waals surface area (Å²) in [5.41, 5.74) is 5.42. The van der Waals surface area contributed by atoms with Crippen LogP contribution in [0.3, 0.4) is 0 Å². The Balaban J connectivity index is 1.37. The van der Waals surface area contributed by atoms with Crippen molar-refractivity contribution in [1.29, 1.82) is 0 Å². The van der Waals surface area contributed by atoms with Crippen LogP contribution in [0.2, 0.25) is 0 Å². The van der Waals surface area contributed by atoms with E-state index in [-0.39, 0.29) is 36.5 Å². The number of fused-ring (bicyclic) bond motifs is 2. The van der Waals surface area contributed by atoms with Crippen molar-refractivity contribution in [3.8, 4) is 28.3 Å². The summed E-state index contributed by atoms with van der Waals surface area (Å²) in [4.78, 5) is 32.6. The molecule has 1 amide bonds. The second kappa shape index (κ2) is 9.83. The third kappa shape index (κ3) is 4.56. The van der Waals surface area contributed by atoms with E-state index in [1.807, 2.05) is 56.3 Å². The first-order valence-corrected chi connectivity index (χ1v) is 12.8. The zero-order chi connectivity index (χ0) is 27.1. The molecule has 3 aromatic carbocycles. The lowest BCUT2D eigenvalue weighted by atomic mass is 9.98. The van der Waals surface area contributed by atoms with Crippen molar-refractivity contribution < 1.29 is 23.1 Å². The molecule has 0 fully saturated rings. The number of hydrogen-bond donors (Lipinski definition) is 0. The Kier molecular flexibility index (Phi) is 6.19. The zero-order valence-electron chi connectivity index (χ0n) is 21.5. The number of hydrogen-bond acceptors (Lipinski definition) is 5. The van der Waals surface area contributed by atoms with Gasteiger partial charge in [0.25, 0.3) is 5.91 Å². The second-order valence-electron chi connectivity index (χ2n) is 9.61. The van der Waals surface area contributed by atoms with Gasteiger partial charge < -0.3 is 9.15 Å². The number of carbonyl (C=O) groups is 2. The number of benzene rings is 3. The number of ether oxygens (including phenoxy) is 1. The van der Waals surface area contributed by atoms with Crippen molar-refractivity contribution in [3.63, 3.8) is 0 Å². The van der Waals surface area contributed by atoms with Crippen LogP contribution in [0.1, 0.15) is 45.3 Å². The number of halogens is 1. The Morgan fingerprint density at radius 2 is 1.72 bits per heavy atom. The summed E-state index contributed by atoms with van der Waals surface area (Å²) in [6.07, 6.45) is 0.338. The molecule has 0 bridgehead atoms. The van der Waals surface area contributed by atoms with Gasteiger partial charge in [-0.1, -0.05) is 48.9 Å². The lowest BCUT2D eigenvalue weighted by Gasteiger charge is -2.28. The van der Waals surface area contributed by atoms with Crippen LogP contribution in [0, 0.1) is 12.7 Å². The van der Waals surface area contributed by atoms with E-state index in [2.05, 4.69) is 4.98 Å². The number of Topliss-reactive ketones (excluding diaryl/α,β-unsaturated/α-hetero) is 1. The maximum atomic E-state index is 13.3. The minimum Gasteiger partial charge on any atom is -0.471 e. The molecule has 7 heteroatoms. The molecule has 0 spiro atoms. The fraction of sp³-hybridized carbons (Fsp3) is 0.156. The first-order chi connectivity index (χ1) is 18.9. The number of aromatic nitrogens is 1. The number of furan rings is 1. The number of rotatable bonds is 6. The van der Waals surface area contributed by atoms with E-state index >= 15 is 0 Å². The standard InChI is InChI=1S/C32H25FN2O4/c1-3-26(36)29-24-16-22(10-14-27(24)39-31(29)21-8-4-19(2)5-9-21)25-13-15-28-30(34-25)32(37)35(18-38-28)17-20-6-11-23(33)12-7-20/h4-16H,3,17-18H2,1-2H3. The third-order valence-corrected chi connectivity index (χ3v) is 6.91. The fourth-order valence-corrected chi connectivity index (χ4v) is 4.78. The van der Waals surface area contributed by atoms with Gasteiger partial charge in [0.05, 0.1) is 11.3 Å². The van der Waals surface area contributed by atoms with Crippen molar-refractivity contribution in [2.45, 2.75) is 26.8 Å². The highest BCUT2D eigenvalue weighted by Gasteiger charge is 2.28. The Hall–Kier alpha value is -4.78. The second-order valence-corrected chi connectivity index (χ2v) is 9.61. The first-order valence-electron chi connectivity index (χ1n) is 12.8. The van der Waals surface area contributed by atoms with E-state index in [0.29, 0.717) is 40.2 Å². The molecule has 2 aromatic heterocycles. The van der Waals surface area contributed by atoms with Crippen LogP contribution in [-0.2, 0) is 6.54 Å². The van der Waals surface area contributed by atoms with Crippen molar-refractivity contribution in [2.75, 3.05) is 6.73 Å². The number of pyridine rings is 1. The van der Waals surface area contributed by atoms with Gasteiger partial charge in [-0.05, 0) is 55.0 Å². The fourth-order valence-electron chi connectivity index (χ4n) is 4.78. The lowest BCUT2D eigenvalue weighted by molar-refractivity contribution is 0.0488. The molecule has 0 aliphatic carbocycles. The smallest absolute Gasteiger partial charge is 0.279 e. The van der Waals surface area contributed by atoms with Crippen LogP contribution in [0.4, 0.5) is 4.39 Å².